The van der Waals surface area contributed by atoms with Gasteiger partial charge in [0.25, 0.3) is 0 Å². The highest BCUT2D eigenvalue weighted by Gasteiger charge is 2.35. The van der Waals surface area contributed by atoms with Gasteiger partial charge in [-0.1, -0.05) is 0 Å². The zero-order valence-electron chi connectivity index (χ0n) is 10.9. The van der Waals surface area contributed by atoms with Crippen LogP contribution in [0.5, 0.6) is 0 Å². The molecule has 1 aliphatic heterocycles. The van der Waals surface area contributed by atoms with E-state index in [1.807, 2.05) is 0 Å². The van der Waals surface area contributed by atoms with Crippen LogP contribution in [0.4, 0.5) is 18.9 Å². The van der Waals surface area contributed by atoms with Gasteiger partial charge in [-0.15, -0.1) is 0 Å². The lowest BCUT2D eigenvalue weighted by molar-refractivity contribution is -0.137. The lowest BCUT2D eigenvalue weighted by Gasteiger charge is -2.36. The molecule has 0 saturated carbocycles. The summed E-state index contributed by atoms with van der Waals surface area (Å²) in [5, 5.41) is 11.7. The van der Waals surface area contributed by atoms with Crippen molar-refractivity contribution in [1.29, 1.82) is 5.26 Å². The lowest BCUT2D eigenvalue weighted by Crippen LogP contribution is -2.57. The van der Waals surface area contributed by atoms with Gasteiger partial charge >= 0.3 is 6.18 Å². The van der Waals surface area contributed by atoms with Gasteiger partial charge in [0.15, 0.2) is 0 Å². The van der Waals surface area contributed by atoms with E-state index in [4.69, 9.17) is 11.0 Å². The number of nitriles is 1. The Bertz CT molecular complexity index is 594. The molecule has 1 heterocycles. The minimum absolute atomic E-state index is 0.228. The molecule has 0 aromatic heterocycles. The van der Waals surface area contributed by atoms with E-state index >= 15 is 0 Å². The van der Waals surface area contributed by atoms with Crippen LogP contribution in [0.2, 0.25) is 0 Å². The van der Waals surface area contributed by atoms with Crippen LogP contribution in [0.3, 0.4) is 0 Å². The molecule has 0 aliphatic carbocycles. The molecular formula is C13H13F3N4O. The standard InChI is InChI=1S/C13H13F3N4O/c14-13(15,16)10-5-9(2-1-8(10)6-17)20-4-3-19-7-11(20)12(18)21/h1-2,5,11,19H,3-4,7H2,(H2,18,21). The lowest BCUT2D eigenvalue weighted by atomic mass is 10.0. The number of benzene rings is 1. The van der Waals surface area contributed by atoms with Crippen molar-refractivity contribution in [2.24, 2.45) is 5.73 Å². The third kappa shape index (κ3) is 3.08. The number of rotatable bonds is 2. The summed E-state index contributed by atoms with van der Waals surface area (Å²) in [7, 11) is 0. The minimum atomic E-state index is -4.63. The summed E-state index contributed by atoms with van der Waals surface area (Å²) in [6.45, 7) is 1.17. The molecule has 8 heteroatoms. The normalized spacial score (nSPS) is 19.1. The minimum Gasteiger partial charge on any atom is -0.368 e. The smallest absolute Gasteiger partial charge is 0.368 e. The maximum atomic E-state index is 13.0. The topological polar surface area (TPSA) is 82.2 Å². The highest BCUT2D eigenvalue weighted by molar-refractivity contribution is 5.84. The van der Waals surface area contributed by atoms with Crippen LogP contribution in [-0.2, 0) is 11.0 Å². The van der Waals surface area contributed by atoms with Crippen molar-refractivity contribution in [2.75, 3.05) is 24.5 Å². The zero-order valence-corrected chi connectivity index (χ0v) is 10.9. The number of carbonyl (C=O) groups is 1. The number of anilines is 1. The zero-order chi connectivity index (χ0) is 15.6. The molecule has 1 fully saturated rings. The first-order chi connectivity index (χ1) is 9.84. The van der Waals surface area contributed by atoms with Gasteiger partial charge in [-0.2, -0.15) is 18.4 Å². The second kappa shape index (κ2) is 5.61. The van der Waals surface area contributed by atoms with Crippen LogP contribution in [0.15, 0.2) is 18.2 Å². The molecule has 1 aromatic rings. The van der Waals surface area contributed by atoms with Gasteiger partial charge in [-0.3, -0.25) is 4.79 Å². The Morgan fingerprint density at radius 1 is 1.48 bits per heavy atom. The number of alkyl halides is 3. The third-order valence-electron chi connectivity index (χ3n) is 3.33. The molecule has 2 rings (SSSR count). The highest BCUT2D eigenvalue weighted by atomic mass is 19.4. The van der Waals surface area contributed by atoms with E-state index in [-0.39, 0.29) is 12.2 Å². The number of piperazine rings is 1. The largest absolute Gasteiger partial charge is 0.417 e. The monoisotopic (exact) mass is 298 g/mol. The Morgan fingerprint density at radius 2 is 2.19 bits per heavy atom. The van der Waals surface area contributed by atoms with Gasteiger partial charge in [-0.05, 0) is 18.2 Å². The van der Waals surface area contributed by atoms with Crippen molar-refractivity contribution in [3.63, 3.8) is 0 Å². The number of primary amides is 1. The number of amides is 1. The van der Waals surface area contributed by atoms with Crippen molar-refractivity contribution < 1.29 is 18.0 Å². The van der Waals surface area contributed by atoms with E-state index in [9.17, 15) is 18.0 Å². The van der Waals surface area contributed by atoms with E-state index in [0.29, 0.717) is 13.1 Å². The van der Waals surface area contributed by atoms with Crippen molar-refractivity contribution >= 4 is 11.6 Å². The van der Waals surface area contributed by atoms with Gasteiger partial charge in [-0.25, -0.2) is 0 Å². The molecule has 1 unspecified atom stereocenters. The molecule has 1 aliphatic rings. The van der Waals surface area contributed by atoms with Gasteiger partial charge in [0.2, 0.25) is 5.91 Å². The summed E-state index contributed by atoms with van der Waals surface area (Å²) in [4.78, 5) is 12.9. The van der Waals surface area contributed by atoms with Gasteiger partial charge < -0.3 is 16.0 Å². The number of hydrogen-bond donors (Lipinski definition) is 2. The fourth-order valence-corrected chi connectivity index (χ4v) is 2.31. The summed E-state index contributed by atoms with van der Waals surface area (Å²) < 4.78 is 38.9. The molecule has 21 heavy (non-hydrogen) atoms. The summed E-state index contributed by atoms with van der Waals surface area (Å²) in [5.74, 6) is -0.611. The van der Waals surface area contributed by atoms with E-state index in [1.165, 1.54) is 17.0 Å². The summed E-state index contributed by atoms with van der Waals surface area (Å²) in [6.07, 6.45) is -4.63. The second-order valence-corrected chi connectivity index (χ2v) is 4.66. The molecule has 0 bridgehead atoms. The fraction of sp³-hybridized carbons (Fsp3) is 0.385. The molecular weight excluding hydrogens is 285 g/mol. The summed E-state index contributed by atoms with van der Waals surface area (Å²) in [5.41, 5.74) is 4.05. The quantitative estimate of drug-likeness (QED) is 0.847. The average Bonchev–Trinajstić information content (AvgIpc) is 2.45. The molecule has 1 amide bonds. The van der Waals surface area contributed by atoms with Gasteiger partial charge in [0.05, 0.1) is 17.2 Å². The second-order valence-electron chi connectivity index (χ2n) is 4.66. The van der Waals surface area contributed by atoms with E-state index < -0.39 is 29.3 Å². The van der Waals surface area contributed by atoms with E-state index in [0.717, 1.165) is 12.1 Å². The van der Waals surface area contributed by atoms with Crippen LogP contribution in [0, 0.1) is 11.3 Å². The highest BCUT2D eigenvalue weighted by Crippen LogP contribution is 2.34. The summed E-state index contributed by atoms with van der Waals surface area (Å²) >= 11 is 0. The Kier molecular flexibility index (Phi) is 4.04. The number of carbonyl (C=O) groups excluding carboxylic acids is 1. The first-order valence-corrected chi connectivity index (χ1v) is 6.22. The Hall–Kier alpha value is -2.27. The van der Waals surface area contributed by atoms with E-state index in [1.54, 1.807) is 0 Å². The fourth-order valence-electron chi connectivity index (χ4n) is 2.31. The van der Waals surface area contributed by atoms with Crippen LogP contribution in [0.25, 0.3) is 0 Å². The van der Waals surface area contributed by atoms with Crippen LogP contribution in [-0.4, -0.2) is 31.6 Å². The first-order valence-electron chi connectivity index (χ1n) is 6.22. The summed E-state index contributed by atoms with van der Waals surface area (Å²) in [6, 6.07) is 4.20. The number of nitrogens with zero attached hydrogens (tertiary/aromatic N) is 2. The van der Waals surface area contributed by atoms with Crippen molar-refractivity contribution in [1.82, 2.24) is 5.32 Å². The predicted molar refractivity (Wildman–Crippen MR) is 69.4 cm³/mol. The molecule has 5 nitrogen and oxygen atoms in total. The number of hydrogen-bond acceptors (Lipinski definition) is 4. The SMILES string of the molecule is N#Cc1ccc(N2CCNCC2C(N)=O)cc1C(F)(F)F. The average molecular weight is 298 g/mol. The third-order valence-corrected chi connectivity index (χ3v) is 3.33. The number of halogens is 3. The van der Waals surface area contributed by atoms with Crippen LogP contribution in [0.1, 0.15) is 11.1 Å². The molecule has 1 saturated heterocycles. The molecule has 0 radical (unpaired) electrons. The maximum Gasteiger partial charge on any atom is 0.417 e. The van der Waals surface area contributed by atoms with Crippen LogP contribution < -0.4 is 16.0 Å². The Morgan fingerprint density at radius 3 is 2.76 bits per heavy atom. The molecule has 3 N–H and O–H groups in total. The van der Waals surface area contributed by atoms with Gasteiger partial charge in [0.1, 0.15) is 6.04 Å². The van der Waals surface area contributed by atoms with Crippen molar-refractivity contribution in [2.45, 2.75) is 12.2 Å². The predicted octanol–water partition coefficient (Wildman–Crippen LogP) is 0.841. The number of nitrogens with two attached hydrogens (primary N) is 1. The molecule has 1 aromatic carbocycles. The van der Waals surface area contributed by atoms with Crippen molar-refractivity contribution in [3.05, 3.63) is 29.3 Å². The van der Waals surface area contributed by atoms with Crippen LogP contribution >= 0.6 is 0 Å². The Labute approximate surface area is 119 Å². The van der Waals surface area contributed by atoms with Gasteiger partial charge in [0, 0.05) is 25.3 Å². The molecule has 1 atom stereocenters. The Balaban J connectivity index is 2.44. The maximum absolute atomic E-state index is 13.0. The first kappa shape index (κ1) is 15.1. The molecule has 0 spiro atoms. The van der Waals surface area contributed by atoms with Crippen molar-refractivity contribution in [3.8, 4) is 6.07 Å². The molecule has 112 valence electrons. The number of nitrogens with one attached hydrogen (secondary N) is 1. The van der Waals surface area contributed by atoms with E-state index in [2.05, 4.69) is 5.32 Å².